The first kappa shape index (κ1) is 25.5. The number of halogens is 3. The fraction of sp³-hybridized carbons (Fsp3) is 0.208. The van der Waals surface area contributed by atoms with Gasteiger partial charge in [-0.05, 0) is 47.9 Å². The van der Waals surface area contributed by atoms with E-state index in [1.807, 2.05) is 6.92 Å². The van der Waals surface area contributed by atoms with E-state index in [4.69, 9.17) is 10.5 Å². The van der Waals surface area contributed by atoms with E-state index < -0.39 is 17.8 Å². The molecule has 0 bridgehead atoms. The minimum absolute atomic E-state index is 0.00627. The van der Waals surface area contributed by atoms with E-state index in [0.29, 0.717) is 17.1 Å². The molecule has 11 heteroatoms. The average Bonchev–Trinajstić information content (AvgIpc) is 2.83. The van der Waals surface area contributed by atoms with Crippen molar-refractivity contribution < 1.29 is 27.5 Å². The summed E-state index contributed by atoms with van der Waals surface area (Å²) in [6.45, 7) is 1.91. The Kier molecular flexibility index (Phi) is 7.92. The Bertz CT molecular complexity index is 1230. The van der Waals surface area contributed by atoms with Crippen LogP contribution in [-0.2, 0) is 19.3 Å². The van der Waals surface area contributed by atoms with Gasteiger partial charge in [-0.15, -0.1) is 0 Å². The number of urea groups is 1. The van der Waals surface area contributed by atoms with Gasteiger partial charge in [-0.25, -0.2) is 4.79 Å². The van der Waals surface area contributed by atoms with Crippen molar-refractivity contribution in [2.45, 2.75) is 26.2 Å². The van der Waals surface area contributed by atoms with Crippen molar-refractivity contribution in [3.8, 4) is 11.5 Å². The van der Waals surface area contributed by atoms with Crippen LogP contribution in [0.4, 0.5) is 23.7 Å². The molecule has 8 nitrogen and oxygen atoms in total. The van der Waals surface area contributed by atoms with Gasteiger partial charge in [0.2, 0.25) is 0 Å². The monoisotopic (exact) mass is 487 g/mol. The van der Waals surface area contributed by atoms with Gasteiger partial charge in [-0.2, -0.15) is 13.2 Å². The lowest BCUT2D eigenvalue weighted by Gasteiger charge is -2.15. The number of anilines is 1. The number of aryl methyl sites for hydroxylation is 1. The molecule has 0 saturated heterocycles. The van der Waals surface area contributed by atoms with E-state index in [9.17, 15) is 22.8 Å². The zero-order chi connectivity index (χ0) is 25.6. The Morgan fingerprint density at radius 1 is 1.09 bits per heavy atom. The van der Waals surface area contributed by atoms with Crippen LogP contribution in [0.2, 0.25) is 0 Å². The van der Waals surface area contributed by atoms with E-state index >= 15 is 0 Å². The third-order valence-corrected chi connectivity index (χ3v) is 5.02. The zero-order valence-corrected chi connectivity index (χ0v) is 19.0. The summed E-state index contributed by atoms with van der Waals surface area (Å²) in [5.41, 5.74) is 6.80. The lowest BCUT2D eigenvalue weighted by Crippen LogP contribution is -2.29. The largest absolute Gasteiger partial charge is 0.457 e. The summed E-state index contributed by atoms with van der Waals surface area (Å²) in [7, 11) is 1.51. The predicted octanol–water partition coefficient (Wildman–Crippen LogP) is 4.34. The number of amides is 3. The fourth-order valence-electron chi connectivity index (χ4n) is 3.19. The van der Waals surface area contributed by atoms with Gasteiger partial charge in [0.15, 0.2) is 0 Å². The van der Waals surface area contributed by atoms with Crippen LogP contribution in [0.3, 0.4) is 0 Å². The van der Waals surface area contributed by atoms with Crippen LogP contribution in [0.25, 0.3) is 0 Å². The molecule has 0 aliphatic rings. The molecule has 0 radical (unpaired) electrons. The van der Waals surface area contributed by atoms with Gasteiger partial charge in [-0.3, -0.25) is 9.78 Å². The van der Waals surface area contributed by atoms with Gasteiger partial charge < -0.3 is 26.4 Å². The quantitative estimate of drug-likeness (QED) is 0.395. The molecule has 3 amide bonds. The summed E-state index contributed by atoms with van der Waals surface area (Å²) in [4.78, 5) is 28.0. The van der Waals surface area contributed by atoms with Gasteiger partial charge in [-0.1, -0.05) is 18.2 Å². The zero-order valence-electron chi connectivity index (χ0n) is 19.0. The van der Waals surface area contributed by atoms with E-state index in [-0.39, 0.29) is 30.4 Å². The number of carbonyl (C=O) groups is 2. The molecule has 1 heterocycles. The molecule has 184 valence electrons. The molecule has 0 saturated carbocycles. The SMILES string of the molecule is CNC(=O)c1cc(Oc2ccc(CNC(=O)Nc3cc(C(F)(F)F)ccc3CN)cc2C)ccn1. The number of alkyl halides is 3. The number of nitrogens with two attached hydrogens (primary N) is 1. The molecule has 3 rings (SSSR count). The first-order chi connectivity index (χ1) is 16.6. The number of hydrogen-bond acceptors (Lipinski definition) is 5. The summed E-state index contributed by atoms with van der Waals surface area (Å²) in [6.07, 6.45) is -3.08. The van der Waals surface area contributed by atoms with Crippen molar-refractivity contribution in [1.82, 2.24) is 15.6 Å². The van der Waals surface area contributed by atoms with Gasteiger partial charge in [0.1, 0.15) is 17.2 Å². The van der Waals surface area contributed by atoms with E-state index in [1.54, 1.807) is 24.3 Å². The maximum Gasteiger partial charge on any atom is 0.416 e. The van der Waals surface area contributed by atoms with Gasteiger partial charge in [0.05, 0.1) is 5.56 Å². The first-order valence-electron chi connectivity index (χ1n) is 10.5. The molecule has 0 atom stereocenters. The van der Waals surface area contributed by atoms with Crippen LogP contribution >= 0.6 is 0 Å². The van der Waals surface area contributed by atoms with Crippen LogP contribution in [0, 0.1) is 6.92 Å². The Hall–Kier alpha value is -4.12. The number of ether oxygens (including phenoxy) is 1. The third-order valence-electron chi connectivity index (χ3n) is 5.02. The molecule has 0 aliphatic carbocycles. The van der Waals surface area contributed by atoms with E-state index in [2.05, 4.69) is 20.9 Å². The second-order valence-corrected chi connectivity index (χ2v) is 7.54. The summed E-state index contributed by atoms with van der Waals surface area (Å²) in [5, 5.41) is 7.54. The highest BCUT2D eigenvalue weighted by Crippen LogP contribution is 2.32. The number of benzene rings is 2. The minimum Gasteiger partial charge on any atom is -0.457 e. The minimum atomic E-state index is -4.54. The van der Waals surface area contributed by atoms with Crippen LogP contribution in [-0.4, -0.2) is 24.0 Å². The molecule has 1 aromatic heterocycles. The molecule has 35 heavy (non-hydrogen) atoms. The lowest BCUT2D eigenvalue weighted by atomic mass is 10.1. The normalized spacial score (nSPS) is 11.0. The second kappa shape index (κ2) is 10.9. The van der Waals surface area contributed by atoms with Crippen molar-refractivity contribution in [2.75, 3.05) is 12.4 Å². The van der Waals surface area contributed by atoms with Crippen molar-refractivity contribution >= 4 is 17.6 Å². The van der Waals surface area contributed by atoms with Crippen molar-refractivity contribution in [1.29, 1.82) is 0 Å². The summed E-state index contributed by atoms with van der Waals surface area (Å²) in [5.74, 6) is 0.642. The van der Waals surface area contributed by atoms with Crippen LogP contribution in [0.15, 0.2) is 54.7 Å². The number of pyridine rings is 1. The molecule has 0 unspecified atom stereocenters. The van der Waals surface area contributed by atoms with Crippen molar-refractivity contribution in [3.05, 3.63) is 82.7 Å². The number of nitrogens with one attached hydrogen (secondary N) is 3. The Morgan fingerprint density at radius 3 is 2.51 bits per heavy atom. The summed E-state index contributed by atoms with van der Waals surface area (Å²) in [6, 6.07) is 10.7. The molecule has 0 aliphatic heterocycles. The summed E-state index contributed by atoms with van der Waals surface area (Å²) >= 11 is 0. The number of hydrogen-bond donors (Lipinski definition) is 4. The molecule has 3 aromatic rings. The van der Waals surface area contributed by atoms with Crippen LogP contribution < -0.4 is 26.4 Å². The molecular weight excluding hydrogens is 463 g/mol. The van der Waals surface area contributed by atoms with Gasteiger partial charge >= 0.3 is 12.2 Å². The van der Waals surface area contributed by atoms with Crippen LogP contribution in [0.1, 0.15) is 32.7 Å². The molecule has 2 aromatic carbocycles. The molecule has 0 fully saturated rings. The smallest absolute Gasteiger partial charge is 0.416 e. The molecular formula is C24H24F3N5O3. The van der Waals surface area contributed by atoms with Gasteiger partial charge in [0.25, 0.3) is 5.91 Å². The standard InChI is InChI=1S/C24H24F3N5O3/c1-14-9-15(3-6-21(14)35-18-7-8-30-20(11-18)22(33)29-2)13-31-23(34)32-19-10-17(24(25,26)27)5-4-16(19)12-28/h3-11H,12-13,28H2,1-2H3,(H,29,33)(H2,31,32,34). The number of nitrogens with zero attached hydrogens (tertiary/aromatic N) is 1. The summed E-state index contributed by atoms with van der Waals surface area (Å²) < 4.78 is 44.8. The Balaban J connectivity index is 1.64. The van der Waals surface area contributed by atoms with Gasteiger partial charge in [0, 0.05) is 38.1 Å². The van der Waals surface area contributed by atoms with E-state index in [1.165, 1.54) is 25.4 Å². The highest BCUT2D eigenvalue weighted by atomic mass is 19.4. The Labute approximate surface area is 199 Å². The van der Waals surface area contributed by atoms with E-state index in [0.717, 1.165) is 23.3 Å². The number of rotatable bonds is 7. The first-order valence-corrected chi connectivity index (χ1v) is 10.5. The molecule has 0 spiro atoms. The predicted molar refractivity (Wildman–Crippen MR) is 124 cm³/mol. The molecule has 5 N–H and O–H groups in total. The maximum atomic E-state index is 13.0. The highest BCUT2D eigenvalue weighted by molar-refractivity contribution is 5.92. The third kappa shape index (κ3) is 6.70. The number of carbonyl (C=O) groups excluding carboxylic acids is 2. The Morgan fingerprint density at radius 2 is 1.86 bits per heavy atom. The lowest BCUT2D eigenvalue weighted by molar-refractivity contribution is -0.137. The second-order valence-electron chi connectivity index (χ2n) is 7.54. The number of aromatic nitrogens is 1. The highest BCUT2D eigenvalue weighted by Gasteiger charge is 2.31. The van der Waals surface area contributed by atoms with Crippen molar-refractivity contribution in [3.63, 3.8) is 0 Å². The average molecular weight is 487 g/mol. The maximum absolute atomic E-state index is 13.0. The fourth-order valence-corrected chi connectivity index (χ4v) is 3.19. The van der Waals surface area contributed by atoms with Crippen molar-refractivity contribution in [2.24, 2.45) is 5.73 Å². The van der Waals surface area contributed by atoms with Crippen LogP contribution in [0.5, 0.6) is 11.5 Å². The topological polar surface area (TPSA) is 118 Å².